The lowest BCUT2D eigenvalue weighted by molar-refractivity contribution is 0.0755. The molecular formula is C34H44N4O5. The number of ether oxygens (including phenoxy) is 1. The van der Waals surface area contributed by atoms with Crippen LogP contribution in [0.25, 0.3) is 0 Å². The molecule has 3 aromatic rings. The lowest BCUT2D eigenvalue weighted by Crippen LogP contribution is -2.48. The van der Waals surface area contributed by atoms with Crippen LogP contribution < -0.4 is 21.1 Å². The molecule has 0 heterocycles. The molecule has 0 spiro atoms. The average molecular weight is 589 g/mol. The minimum Gasteiger partial charge on any atom is -0.497 e. The molecule has 3 rings (SSSR count). The van der Waals surface area contributed by atoms with Crippen LogP contribution in [-0.2, 0) is 13.0 Å². The van der Waals surface area contributed by atoms with Crippen LogP contribution in [0.3, 0.4) is 0 Å². The molecule has 2 unspecified atom stereocenters. The summed E-state index contributed by atoms with van der Waals surface area (Å²) in [5.41, 5.74) is 9.03. The molecule has 3 aromatic carbocycles. The zero-order chi connectivity index (χ0) is 31.4. The largest absolute Gasteiger partial charge is 0.497 e. The molecule has 9 heteroatoms. The van der Waals surface area contributed by atoms with E-state index >= 15 is 0 Å². The molecule has 0 fully saturated rings. The Morgan fingerprint density at radius 2 is 1.56 bits per heavy atom. The number of aliphatic hydroxyl groups is 1. The van der Waals surface area contributed by atoms with Crippen LogP contribution in [0.1, 0.15) is 74.5 Å². The molecule has 0 aliphatic carbocycles. The monoisotopic (exact) mass is 588 g/mol. The first kappa shape index (κ1) is 33.3. The van der Waals surface area contributed by atoms with Crippen molar-refractivity contribution in [1.29, 1.82) is 0 Å². The van der Waals surface area contributed by atoms with E-state index in [4.69, 9.17) is 10.5 Å². The van der Waals surface area contributed by atoms with Gasteiger partial charge in [0.05, 0.1) is 19.3 Å². The van der Waals surface area contributed by atoms with E-state index in [-0.39, 0.29) is 29.1 Å². The Morgan fingerprint density at radius 1 is 0.907 bits per heavy atom. The Morgan fingerprint density at radius 3 is 2.19 bits per heavy atom. The molecule has 5 N–H and O–H groups in total. The average Bonchev–Trinajstić information content (AvgIpc) is 3.01. The highest BCUT2D eigenvalue weighted by atomic mass is 16.5. The number of nitrogens with zero attached hydrogens (tertiary/aromatic N) is 1. The zero-order valence-corrected chi connectivity index (χ0v) is 25.6. The molecule has 0 bridgehead atoms. The first-order valence-electron chi connectivity index (χ1n) is 14.8. The summed E-state index contributed by atoms with van der Waals surface area (Å²) in [6, 6.07) is 19.2. The van der Waals surface area contributed by atoms with Crippen LogP contribution in [0.4, 0.5) is 0 Å². The van der Waals surface area contributed by atoms with E-state index < -0.39 is 24.0 Å². The summed E-state index contributed by atoms with van der Waals surface area (Å²) in [6.45, 7) is 7.79. The van der Waals surface area contributed by atoms with E-state index in [0.29, 0.717) is 26.1 Å². The molecule has 2 atom stereocenters. The minimum absolute atomic E-state index is 0.0690. The number of benzene rings is 3. The van der Waals surface area contributed by atoms with E-state index in [0.717, 1.165) is 35.3 Å². The van der Waals surface area contributed by atoms with E-state index in [1.807, 2.05) is 69.3 Å². The Hall–Kier alpha value is -4.21. The lowest BCUT2D eigenvalue weighted by Gasteiger charge is -2.25. The van der Waals surface area contributed by atoms with Crippen molar-refractivity contribution in [3.05, 3.63) is 100 Å². The molecule has 0 saturated carbocycles. The van der Waals surface area contributed by atoms with E-state index in [1.54, 1.807) is 12.0 Å². The van der Waals surface area contributed by atoms with Crippen LogP contribution >= 0.6 is 0 Å². The fourth-order valence-corrected chi connectivity index (χ4v) is 4.86. The quantitative estimate of drug-likeness (QED) is 0.201. The summed E-state index contributed by atoms with van der Waals surface area (Å²) >= 11 is 0. The maximum Gasteiger partial charge on any atom is 0.253 e. The minimum atomic E-state index is -0.944. The summed E-state index contributed by atoms with van der Waals surface area (Å²) in [5.74, 6) is -0.774. The highest BCUT2D eigenvalue weighted by molar-refractivity contribution is 6.04. The second-order valence-electron chi connectivity index (χ2n) is 10.8. The van der Waals surface area contributed by atoms with Crippen LogP contribution in [-0.4, -0.2) is 66.6 Å². The van der Waals surface area contributed by atoms with Crippen molar-refractivity contribution in [1.82, 2.24) is 15.5 Å². The molecule has 3 amide bonds. The van der Waals surface area contributed by atoms with Crippen molar-refractivity contribution in [3.63, 3.8) is 0 Å². The van der Waals surface area contributed by atoms with Gasteiger partial charge in [0.25, 0.3) is 11.8 Å². The molecule has 0 saturated heterocycles. The maximum atomic E-state index is 13.6. The third kappa shape index (κ3) is 9.94. The van der Waals surface area contributed by atoms with Crippen molar-refractivity contribution < 1.29 is 24.2 Å². The Bertz CT molecular complexity index is 1370. The van der Waals surface area contributed by atoms with Gasteiger partial charge in [-0.25, -0.2) is 0 Å². The van der Waals surface area contributed by atoms with Gasteiger partial charge in [-0.15, -0.1) is 0 Å². The SMILES string of the molecule is CCCN(CCC)C(=O)c1cc(C(N)=O)cc(C(=O)NC(Cc2ccc(C)cc2)C(O)CNCc2cccc(OC)c2)c1. The van der Waals surface area contributed by atoms with Gasteiger partial charge in [-0.3, -0.25) is 14.4 Å². The smallest absolute Gasteiger partial charge is 0.253 e. The third-order valence-electron chi connectivity index (χ3n) is 7.17. The summed E-state index contributed by atoms with van der Waals surface area (Å²) in [4.78, 5) is 40.8. The normalized spacial score (nSPS) is 12.3. The van der Waals surface area contributed by atoms with Crippen molar-refractivity contribution in [2.75, 3.05) is 26.7 Å². The van der Waals surface area contributed by atoms with E-state index in [1.165, 1.54) is 18.2 Å². The number of carbonyl (C=O) groups excluding carboxylic acids is 3. The fraction of sp³-hybridized carbons (Fsp3) is 0.382. The maximum absolute atomic E-state index is 13.6. The number of carbonyl (C=O) groups is 3. The second-order valence-corrected chi connectivity index (χ2v) is 10.8. The lowest BCUT2D eigenvalue weighted by atomic mass is 9.98. The van der Waals surface area contributed by atoms with Gasteiger partial charge in [0.2, 0.25) is 5.91 Å². The number of methoxy groups -OCH3 is 1. The first-order valence-corrected chi connectivity index (χ1v) is 14.8. The number of aryl methyl sites for hydroxylation is 1. The highest BCUT2D eigenvalue weighted by Gasteiger charge is 2.24. The van der Waals surface area contributed by atoms with Gasteiger partial charge < -0.3 is 31.1 Å². The van der Waals surface area contributed by atoms with Gasteiger partial charge in [0.1, 0.15) is 5.75 Å². The number of rotatable bonds is 16. The number of hydrogen-bond donors (Lipinski definition) is 4. The van der Waals surface area contributed by atoms with Gasteiger partial charge in [-0.2, -0.15) is 0 Å². The Kier molecular flexibility index (Phi) is 12.7. The van der Waals surface area contributed by atoms with E-state index in [2.05, 4.69) is 10.6 Å². The predicted molar refractivity (Wildman–Crippen MR) is 168 cm³/mol. The molecular weight excluding hydrogens is 544 g/mol. The van der Waals surface area contributed by atoms with Crippen molar-refractivity contribution in [2.24, 2.45) is 5.73 Å². The summed E-state index contributed by atoms with van der Waals surface area (Å²) < 4.78 is 5.29. The van der Waals surface area contributed by atoms with Crippen LogP contribution in [0, 0.1) is 6.92 Å². The molecule has 43 heavy (non-hydrogen) atoms. The second kappa shape index (κ2) is 16.4. The fourth-order valence-electron chi connectivity index (χ4n) is 4.86. The van der Waals surface area contributed by atoms with Gasteiger partial charge in [0.15, 0.2) is 0 Å². The number of nitrogens with one attached hydrogen (secondary N) is 2. The van der Waals surface area contributed by atoms with Crippen LogP contribution in [0.15, 0.2) is 66.7 Å². The molecule has 230 valence electrons. The summed E-state index contributed by atoms with van der Waals surface area (Å²) in [6.07, 6.45) is 0.981. The van der Waals surface area contributed by atoms with Crippen LogP contribution in [0.5, 0.6) is 5.75 Å². The van der Waals surface area contributed by atoms with Crippen molar-refractivity contribution in [3.8, 4) is 5.75 Å². The standard InChI is InChI=1S/C34H44N4O5/c1-5-14-38(15-6-2)34(42)28-19-26(32(35)40)18-27(20-28)33(41)37-30(17-24-12-10-23(3)11-13-24)31(39)22-36-21-25-8-7-9-29(16-25)43-4/h7-13,16,18-20,30-31,36,39H,5-6,14-15,17,21-22H2,1-4H3,(H2,35,40)(H,37,41). The number of hydrogen-bond acceptors (Lipinski definition) is 6. The number of nitrogens with two attached hydrogens (primary N) is 1. The highest BCUT2D eigenvalue weighted by Crippen LogP contribution is 2.16. The zero-order valence-electron chi connectivity index (χ0n) is 25.6. The first-order chi connectivity index (χ1) is 20.6. The van der Waals surface area contributed by atoms with Gasteiger partial charge in [0, 0.05) is 42.9 Å². The van der Waals surface area contributed by atoms with Crippen molar-refractivity contribution in [2.45, 2.75) is 58.7 Å². The third-order valence-corrected chi connectivity index (χ3v) is 7.17. The molecule has 0 aliphatic heterocycles. The van der Waals surface area contributed by atoms with Gasteiger partial charge >= 0.3 is 0 Å². The molecule has 0 aromatic heterocycles. The number of amides is 3. The van der Waals surface area contributed by atoms with Crippen molar-refractivity contribution >= 4 is 17.7 Å². The molecule has 9 nitrogen and oxygen atoms in total. The number of aliphatic hydroxyl groups excluding tert-OH is 1. The Balaban J connectivity index is 1.84. The summed E-state index contributed by atoms with van der Waals surface area (Å²) in [5, 5.41) is 17.4. The van der Waals surface area contributed by atoms with E-state index in [9.17, 15) is 19.5 Å². The molecule has 0 radical (unpaired) electrons. The van der Waals surface area contributed by atoms with Gasteiger partial charge in [-0.1, -0.05) is 55.8 Å². The number of primary amides is 1. The van der Waals surface area contributed by atoms with Crippen LogP contribution in [0.2, 0.25) is 0 Å². The predicted octanol–water partition coefficient (Wildman–Crippen LogP) is 3.86. The Labute approximate surface area is 254 Å². The van der Waals surface area contributed by atoms with Gasteiger partial charge in [-0.05, 0) is 67.6 Å². The topological polar surface area (TPSA) is 134 Å². The molecule has 0 aliphatic rings. The summed E-state index contributed by atoms with van der Waals surface area (Å²) in [7, 11) is 1.61.